The van der Waals surface area contributed by atoms with E-state index in [1.165, 1.54) is 0 Å². The lowest BCUT2D eigenvalue weighted by Crippen LogP contribution is -2.25. The smallest absolute Gasteiger partial charge is 0.277 e. The van der Waals surface area contributed by atoms with Crippen LogP contribution in [0, 0.1) is 13.8 Å². The third-order valence-corrected chi connectivity index (χ3v) is 3.77. The van der Waals surface area contributed by atoms with Gasteiger partial charge in [0.05, 0.1) is 12.8 Å². The number of hydrazone groups is 1. The molecule has 0 fully saturated rings. The molecule has 0 atom stereocenters. The van der Waals surface area contributed by atoms with Crippen LogP contribution in [0.3, 0.4) is 0 Å². The molecule has 0 unspecified atom stereocenters. The summed E-state index contributed by atoms with van der Waals surface area (Å²) in [5.41, 5.74) is 6.28. The van der Waals surface area contributed by atoms with E-state index >= 15 is 0 Å². The molecule has 0 spiro atoms. The van der Waals surface area contributed by atoms with Crippen LogP contribution in [-0.4, -0.2) is 25.3 Å². The highest BCUT2D eigenvalue weighted by atomic mass is 16.5. The van der Waals surface area contributed by atoms with Crippen LogP contribution in [0.1, 0.15) is 23.6 Å². The van der Waals surface area contributed by atoms with Crippen LogP contribution in [-0.2, 0) is 4.79 Å². The third-order valence-electron chi connectivity index (χ3n) is 3.77. The molecule has 0 aliphatic rings. The molecule has 2 aromatic carbocycles. The van der Waals surface area contributed by atoms with E-state index in [2.05, 4.69) is 10.5 Å². The van der Waals surface area contributed by atoms with Crippen molar-refractivity contribution in [3.63, 3.8) is 0 Å². The van der Waals surface area contributed by atoms with Crippen LogP contribution in [0.15, 0.2) is 47.6 Å². The number of hydrogen-bond donors (Lipinski definition) is 1. The minimum absolute atomic E-state index is 0.0797. The van der Waals surface area contributed by atoms with Crippen molar-refractivity contribution in [2.45, 2.75) is 20.8 Å². The van der Waals surface area contributed by atoms with Crippen LogP contribution in [0.25, 0.3) is 0 Å². The molecule has 24 heavy (non-hydrogen) atoms. The van der Waals surface area contributed by atoms with Crippen LogP contribution in [0.4, 0.5) is 0 Å². The van der Waals surface area contributed by atoms with Gasteiger partial charge in [-0.25, -0.2) is 5.43 Å². The Morgan fingerprint density at radius 1 is 1.12 bits per heavy atom. The summed E-state index contributed by atoms with van der Waals surface area (Å²) in [4.78, 5) is 11.9. The summed E-state index contributed by atoms with van der Waals surface area (Å²) in [6.07, 6.45) is 0. The fraction of sp³-hybridized carbons (Fsp3) is 0.263. The Balaban J connectivity index is 1.90. The van der Waals surface area contributed by atoms with Gasteiger partial charge in [0.1, 0.15) is 11.5 Å². The Morgan fingerprint density at radius 2 is 1.83 bits per heavy atom. The van der Waals surface area contributed by atoms with E-state index in [1.54, 1.807) is 7.11 Å². The van der Waals surface area contributed by atoms with E-state index in [0.29, 0.717) is 11.5 Å². The van der Waals surface area contributed by atoms with E-state index in [-0.39, 0.29) is 12.5 Å². The summed E-state index contributed by atoms with van der Waals surface area (Å²) in [7, 11) is 1.62. The van der Waals surface area contributed by atoms with Gasteiger partial charge >= 0.3 is 0 Å². The zero-order valence-corrected chi connectivity index (χ0v) is 14.4. The lowest BCUT2D eigenvalue weighted by atomic mass is 10.1. The van der Waals surface area contributed by atoms with Gasteiger partial charge in [-0.3, -0.25) is 4.79 Å². The molecule has 2 rings (SSSR count). The van der Waals surface area contributed by atoms with E-state index in [1.807, 2.05) is 63.2 Å². The van der Waals surface area contributed by atoms with Crippen LogP contribution in [0.5, 0.6) is 11.5 Å². The number of aryl methyl sites for hydroxylation is 1. The van der Waals surface area contributed by atoms with E-state index in [9.17, 15) is 4.79 Å². The number of carbonyl (C=O) groups excluding carboxylic acids is 1. The monoisotopic (exact) mass is 326 g/mol. The van der Waals surface area contributed by atoms with E-state index in [0.717, 1.165) is 22.4 Å². The number of ether oxygens (including phenoxy) is 2. The quantitative estimate of drug-likeness (QED) is 0.655. The first kappa shape index (κ1) is 17.5. The van der Waals surface area contributed by atoms with Gasteiger partial charge in [-0.2, -0.15) is 5.10 Å². The summed E-state index contributed by atoms with van der Waals surface area (Å²) in [5, 5.41) is 4.10. The Hall–Kier alpha value is -2.82. The topological polar surface area (TPSA) is 59.9 Å². The molecule has 0 heterocycles. The van der Waals surface area contributed by atoms with Crippen LogP contribution >= 0.6 is 0 Å². The van der Waals surface area contributed by atoms with Crippen molar-refractivity contribution in [1.82, 2.24) is 5.43 Å². The highest BCUT2D eigenvalue weighted by molar-refractivity contribution is 5.99. The highest BCUT2D eigenvalue weighted by Crippen LogP contribution is 2.20. The van der Waals surface area contributed by atoms with Gasteiger partial charge in [-0.15, -0.1) is 0 Å². The predicted molar refractivity (Wildman–Crippen MR) is 94.8 cm³/mol. The van der Waals surface area contributed by atoms with Gasteiger partial charge in [0.2, 0.25) is 0 Å². The van der Waals surface area contributed by atoms with Gasteiger partial charge in [0.25, 0.3) is 5.91 Å². The van der Waals surface area contributed by atoms with Crippen molar-refractivity contribution in [2.24, 2.45) is 5.10 Å². The Morgan fingerprint density at radius 3 is 2.50 bits per heavy atom. The molecule has 0 aromatic heterocycles. The fourth-order valence-electron chi connectivity index (χ4n) is 2.10. The first-order chi connectivity index (χ1) is 11.5. The number of carbonyl (C=O) groups is 1. The first-order valence-corrected chi connectivity index (χ1v) is 7.68. The van der Waals surface area contributed by atoms with Crippen molar-refractivity contribution in [3.8, 4) is 11.5 Å². The number of nitrogens with one attached hydrogen (secondary N) is 1. The second-order valence-corrected chi connectivity index (χ2v) is 5.45. The fourth-order valence-corrected chi connectivity index (χ4v) is 2.10. The molecule has 2 aromatic rings. The zero-order valence-electron chi connectivity index (χ0n) is 14.4. The second-order valence-electron chi connectivity index (χ2n) is 5.45. The van der Waals surface area contributed by atoms with Gasteiger partial charge in [0.15, 0.2) is 6.61 Å². The zero-order chi connectivity index (χ0) is 17.5. The standard InChI is InChI=1S/C19H22N2O3/c1-13-6-5-7-18(14(13)2)24-12-19(22)21-20-15(3)16-8-10-17(23-4)11-9-16/h5-11H,12H2,1-4H3,(H,21,22)/b20-15-. The van der Waals surface area contributed by atoms with Crippen molar-refractivity contribution >= 4 is 11.6 Å². The van der Waals surface area contributed by atoms with Crippen molar-refractivity contribution in [1.29, 1.82) is 0 Å². The number of hydrogen-bond acceptors (Lipinski definition) is 4. The lowest BCUT2D eigenvalue weighted by molar-refractivity contribution is -0.123. The largest absolute Gasteiger partial charge is 0.497 e. The van der Waals surface area contributed by atoms with Gasteiger partial charge in [-0.05, 0) is 67.8 Å². The number of rotatable bonds is 6. The summed E-state index contributed by atoms with van der Waals surface area (Å²) >= 11 is 0. The highest BCUT2D eigenvalue weighted by Gasteiger charge is 2.06. The maximum atomic E-state index is 11.9. The Bertz CT molecular complexity index is 737. The number of amides is 1. The molecule has 5 heteroatoms. The molecule has 1 amide bonds. The van der Waals surface area contributed by atoms with E-state index in [4.69, 9.17) is 9.47 Å². The summed E-state index contributed by atoms with van der Waals surface area (Å²) in [6, 6.07) is 13.2. The molecule has 0 saturated heterocycles. The molecule has 5 nitrogen and oxygen atoms in total. The normalized spacial score (nSPS) is 11.1. The molecule has 1 N–H and O–H groups in total. The van der Waals surface area contributed by atoms with Gasteiger partial charge in [-0.1, -0.05) is 12.1 Å². The Labute approximate surface area is 142 Å². The lowest BCUT2D eigenvalue weighted by Gasteiger charge is -2.10. The van der Waals surface area contributed by atoms with Gasteiger partial charge < -0.3 is 9.47 Å². The molecular formula is C19H22N2O3. The van der Waals surface area contributed by atoms with Gasteiger partial charge in [0, 0.05) is 0 Å². The van der Waals surface area contributed by atoms with Crippen LogP contribution in [0.2, 0.25) is 0 Å². The third kappa shape index (κ3) is 4.59. The maximum absolute atomic E-state index is 11.9. The first-order valence-electron chi connectivity index (χ1n) is 7.68. The molecule has 0 radical (unpaired) electrons. The number of methoxy groups -OCH3 is 1. The minimum atomic E-state index is -0.302. The van der Waals surface area contributed by atoms with Crippen molar-refractivity contribution in [2.75, 3.05) is 13.7 Å². The predicted octanol–water partition coefficient (Wildman–Crippen LogP) is 3.23. The van der Waals surface area contributed by atoms with Crippen molar-refractivity contribution in [3.05, 3.63) is 59.2 Å². The molecule has 126 valence electrons. The average molecular weight is 326 g/mol. The summed E-state index contributed by atoms with van der Waals surface area (Å²) in [5.74, 6) is 1.18. The second kappa shape index (κ2) is 8.15. The minimum Gasteiger partial charge on any atom is -0.497 e. The molecule has 0 bridgehead atoms. The van der Waals surface area contributed by atoms with Crippen LogP contribution < -0.4 is 14.9 Å². The van der Waals surface area contributed by atoms with E-state index < -0.39 is 0 Å². The Kier molecular flexibility index (Phi) is 5.95. The number of nitrogens with zero attached hydrogens (tertiary/aromatic N) is 1. The SMILES string of the molecule is COc1ccc(/C(C)=N\NC(=O)COc2cccc(C)c2C)cc1. The maximum Gasteiger partial charge on any atom is 0.277 e. The molecule has 0 aliphatic heterocycles. The molecule has 0 aliphatic carbocycles. The molecular weight excluding hydrogens is 304 g/mol. The van der Waals surface area contributed by atoms with Crippen molar-refractivity contribution < 1.29 is 14.3 Å². The summed E-state index contributed by atoms with van der Waals surface area (Å²) in [6.45, 7) is 5.72. The average Bonchev–Trinajstić information content (AvgIpc) is 2.61. The summed E-state index contributed by atoms with van der Waals surface area (Å²) < 4.78 is 10.7. The number of benzene rings is 2. The molecule has 0 saturated carbocycles.